The molecule has 0 aromatic carbocycles. The molecule has 2 N–H and O–H groups in total. The monoisotopic (exact) mass is 342 g/mol. The molecule has 0 spiro atoms. The Hall–Kier alpha value is -2.34. The number of allylic oxidation sites excluding steroid dienone is 1. The number of rotatable bonds is 8. The summed E-state index contributed by atoms with van der Waals surface area (Å²) >= 11 is 0. The number of nitrogens with zero attached hydrogens (tertiary/aromatic N) is 5. The Morgan fingerprint density at radius 1 is 1.56 bits per heavy atom. The van der Waals surface area contributed by atoms with Gasteiger partial charge in [-0.15, -0.1) is 0 Å². The Kier molecular flexibility index (Phi) is 7.01. The maximum atomic E-state index is 5.66. The Labute approximate surface area is 151 Å². The summed E-state index contributed by atoms with van der Waals surface area (Å²) < 4.78 is 1.80. The van der Waals surface area contributed by atoms with Gasteiger partial charge in [0, 0.05) is 63.6 Å². The van der Waals surface area contributed by atoms with Gasteiger partial charge in [0.25, 0.3) is 0 Å². The molecule has 25 heavy (non-hydrogen) atoms. The summed E-state index contributed by atoms with van der Waals surface area (Å²) in [5.74, 6) is 0.532. The molecular formula is C19H30N6. The summed E-state index contributed by atoms with van der Waals surface area (Å²) in [5.41, 5.74) is 8.89. The van der Waals surface area contributed by atoms with Crippen LogP contribution in [0.1, 0.15) is 25.3 Å². The van der Waals surface area contributed by atoms with Crippen molar-refractivity contribution in [2.45, 2.75) is 19.8 Å². The first kappa shape index (κ1) is 19.0. The molecule has 1 aliphatic heterocycles. The molecule has 1 saturated heterocycles. The molecule has 0 aliphatic carbocycles. The lowest BCUT2D eigenvalue weighted by Gasteiger charge is -2.36. The van der Waals surface area contributed by atoms with Crippen LogP contribution in [0.15, 0.2) is 47.6 Å². The van der Waals surface area contributed by atoms with Gasteiger partial charge in [0.1, 0.15) is 0 Å². The van der Waals surface area contributed by atoms with Crippen LogP contribution in [0.5, 0.6) is 0 Å². The van der Waals surface area contributed by atoms with Crippen molar-refractivity contribution in [1.29, 1.82) is 0 Å². The van der Waals surface area contributed by atoms with Crippen LogP contribution in [-0.4, -0.2) is 52.6 Å². The second-order valence-corrected chi connectivity index (χ2v) is 6.67. The van der Waals surface area contributed by atoms with Gasteiger partial charge in [-0.1, -0.05) is 6.58 Å². The lowest BCUT2D eigenvalue weighted by atomic mass is 9.97. The summed E-state index contributed by atoms with van der Waals surface area (Å²) in [7, 11) is 1.92. The molecule has 0 bridgehead atoms. The minimum Gasteiger partial charge on any atom is -0.372 e. The topological polar surface area (TPSA) is 62.7 Å². The number of aryl methyl sites for hydroxylation is 1. The molecule has 1 aromatic rings. The second kappa shape index (κ2) is 9.22. The smallest absolute Gasteiger partial charge is 0.0562 e. The van der Waals surface area contributed by atoms with Crippen LogP contribution in [0.4, 0.5) is 0 Å². The third-order valence-electron chi connectivity index (χ3n) is 4.44. The van der Waals surface area contributed by atoms with Gasteiger partial charge in [0.15, 0.2) is 0 Å². The zero-order chi connectivity index (χ0) is 18.2. The first-order chi connectivity index (χ1) is 12.0. The summed E-state index contributed by atoms with van der Waals surface area (Å²) in [6.07, 6.45) is 12.3. The number of hydrogen-bond acceptors (Lipinski definition) is 5. The molecule has 6 heteroatoms. The van der Waals surface area contributed by atoms with E-state index in [9.17, 15) is 0 Å². The Morgan fingerprint density at radius 2 is 2.36 bits per heavy atom. The number of hydrogen-bond donors (Lipinski definition) is 1. The van der Waals surface area contributed by atoms with Crippen molar-refractivity contribution in [3.05, 3.63) is 48.1 Å². The van der Waals surface area contributed by atoms with Crippen LogP contribution >= 0.6 is 0 Å². The number of likely N-dealkylation sites (tertiary alicyclic amines) is 1. The van der Waals surface area contributed by atoms with Crippen LogP contribution in [0.25, 0.3) is 6.08 Å². The van der Waals surface area contributed by atoms with Gasteiger partial charge >= 0.3 is 0 Å². The van der Waals surface area contributed by atoms with E-state index in [1.165, 1.54) is 6.42 Å². The molecule has 0 amide bonds. The van der Waals surface area contributed by atoms with E-state index in [4.69, 9.17) is 5.73 Å². The summed E-state index contributed by atoms with van der Waals surface area (Å²) in [5, 5.41) is 10.2. The van der Waals surface area contributed by atoms with Gasteiger partial charge in [0.05, 0.1) is 6.20 Å². The minimum atomic E-state index is 0.532. The zero-order valence-corrected chi connectivity index (χ0v) is 15.4. The van der Waals surface area contributed by atoms with Crippen LogP contribution in [-0.2, 0) is 7.05 Å². The number of nitrogens with two attached hydrogens (primary N) is 1. The maximum Gasteiger partial charge on any atom is 0.0562 e. The standard InChI is InChI=1S/C19H30N6/c1-16(10-20)12-25(21-3)15-19-6-5-9-24(14-19)17(2)7-8-18-11-22-23(4)13-18/h7-8,11-13,19H,2-3,5-6,9-10,14-15,20H2,1,4H3/b8-7+,16-12+/t19-/m1/s1. The van der Waals surface area contributed by atoms with Crippen LogP contribution in [0.3, 0.4) is 0 Å². The highest BCUT2D eigenvalue weighted by atomic mass is 15.4. The van der Waals surface area contributed by atoms with Crippen molar-refractivity contribution in [3.63, 3.8) is 0 Å². The van der Waals surface area contributed by atoms with E-state index in [1.54, 1.807) is 4.68 Å². The predicted molar refractivity (Wildman–Crippen MR) is 105 cm³/mol. The van der Waals surface area contributed by atoms with E-state index in [0.717, 1.165) is 42.9 Å². The lowest BCUT2D eigenvalue weighted by Crippen LogP contribution is -2.38. The highest BCUT2D eigenvalue weighted by Crippen LogP contribution is 2.22. The van der Waals surface area contributed by atoms with E-state index in [2.05, 4.69) is 40.5 Å². The summed E-state index contributed by atoms with van der Waals surface area (Å²) in [4.78, 5) is 2.35. The molecule has 1 atom stereocenters. The van der Waals surface area contributed by atoms with Gasteiger partial charge in [-0.25, -0.2) is 0 Å². The van der Waals surface area contributed by atoms with E-state index < -0.39 is 0 Å². The van der Waals surface area contributed by atoms with Gasteiger partial charge < -0.3 is 10.6 Å². The zero-order valence-electron chi connectivity index (χ0n) is 15.4. The molecular weight excluding hydrogens is 312 g/mol. The normalized spacial score (nSPS) is 18.6. The third kappa shape index (κ3) is 5.90. The fourth-order valence-corrected chi connectivity index (χ4v) is 3.02. The Balaban J connectivity index is 1.92. The van der Waals surface area contributed by atoms with Crippen molar-refractivity contribution in [2.75, 3.05) is 26.2 Å². The fraction of sp³-hybridized carbons (Fsp3) is 0.474. The van der Waals surface area contributed by atoms with Crippen LogP contribution in [0, 0.1) is 5.92 Å². The number of piperidine rings is 1. The van der Waals surface area contributed by atoms with E-state index in [-0.39, 0.29) is 0 Å². The Morgan fingerprint density at radius 3 is 3.00 bits per heavy atom. The van der Waals surface area contributed by atoms with Crippen molar-refractivity contribution in [2.24, 2.45) is 23.8 Å². The Bertz CT molecular complexity index is 642. The molecule has 1 aliphatic rings. The van der Waals surface area contributed by atoms with Crippen LogP contribution in [0.2, 0.25) is 0 Å². The summed E-state index contributed by atoms with van der Waals surface area (Å²) in [6.45, 7) is 13.3. The highest BCUT2D eigenvalue weighted by Gasteiger charge is 2.21. The molecule has 1 aromatic heterocycles. The average molecular weight is 342 g/mol. The molecule has 0 saturated carbocycles. The second-order valence-electron chi connectivity index (χ2n) is 6.67. The molecule has 0 unspecified atom stereocenters. The van der Waals surface area contributed by atoms with Gasteiger partial charge in [-0.3, -0.25) is 9.69 Å². The highest BCUT2D eigenvalue weighted by molar-refractivity contribution is 5.50. The van der Waals surface area contributed by atoms with Crippen LogP contribution < -0.4 is 5.73 Å². The van der Waals surface area contributed by atoms with Crippen molar-refractivity contribution in [3.8, 4) is 0 Å². The maximum absolute atomic E-state index is 5.66. The van der Waals surface area contributed by atoms with E-state index in [0.29, 0.717) is 12.5 Å². The molecule has 2 rings (SSSR count). The van der Waals surface area contributed by atoms with Crippen molar-refractivity contribution >= 4 is 12.8 Å². The SMILES string of the molecule is C=NN(/C=C(\C)CN)C[C@@H]1CCCN(C(=C)/C=C/c2cnn(C)c2)C1. The molecule has 0 radical (unpaired) electrons. The van der Waals surface area contributed by atoms with E-state index >= 15 is 0 Å². The molecule has 136 valence electrons. The lowest BCUT2D eigenvalue weighted by molar-refractivity contribution is 0.187. The minimum absolute atomic E-state index is 0.532. The first-order valence-electron chi connectivity index (χ1n) is 8.73. The van der Waals surface area contributed by atoms with Gasteiger partial charge in [-0.05, 0) is 43.4 Å². The number of hydrazone groups is 1. The number of aromatic nitrogens is 2. The first-order valence-corrected chi connectivity index (χ1v) is 8.73. The van der Waals surface area contributed by atoms with Crippen molar-refractivity contribution in [1.82, 2.24) is 19.7 Å². The third-order valence-corrected chi connectivity index (χ3v) is 4.44. The largest absolute Gasteiger partial charge is 0.372 e. The molecule has 1 fully saturated rings. The van der Waals surface area contributed by atoms with E-state index in [1.807, 2.05) is 37.6 Å². The molecule has 6 nitrogen and oxygen atoms in total. The quantitative estimate of drug-likeness (QED) is 0.448. The predicted octanol–water partition coefficient (Wildman–Crippen LogP) is 2.44. The molecule has 2 heterocycles. The fourth-order valence-electron chi connectivity index (χ4n) is 3.02. The van der Waals surface area contributed by atoms with Gasteiger partial charge in [-0.2, -0.15) is 10.2 Å². The summed E-state index contributed by atoms with van der Waals surface area (Å²) in [6, 6.07) is 0. The van der Waals surface area contributed by atoms with Gasteiger partial charge in [0.2, 0.25) is 0 Å². The van der Waals surface area contributed by atoms with Crippen molar-refractivity contribution < 1.29 is 0 Å². The average Bonchev–Trinajstić information content (AvgIpc) is 3.04.